The second-order valence-corrected chi connectivity index (χ2v) is 4.30. The molecule has 1 atom stereocenters. The number of fused-ring (bicyclic) bond motifs is 1. The summed E-state index contributed by atoms with van der Waals surface area (Å²) in [6, 6.07) is 16.1. The van der Waals surface area contributed by atoms with E-state index in [0.717, 1.165) is 22.4 Å². The van der Waals surface area contributed by atoms with Crippen molar-refractivity contribution >= 4 is 0 Å². The highest BCUT2D eigenvalue weighted by atomic mass is 19.1. The van der Waals surface area contributed by atoms with E-state index in [1.807, 2.05) is 36.4 Å². The lowest BCUT2D eigenvalue weighted by molar-refractivity contribution is 0.174. The molecule has 2 aromatic rings. The van der Waals surface area contributed by atoms with Crippen LogP contribution in [-0.4, -0.2) is 12.8 Å². The summed E-state index contributed by atoms with van der Waals surface area (Å²) >= 11 is 0. The molecule has 0 aliphatic carbocycles. The number of benzene rings is 2. The summed E-state index contributed by atoms with van der Waals surface area (Å²) in [5, 5.41) is 0. The zero-order chi connectivity index (χ0) is 11.7. The van der Waals surface area contributed by atoms with Crippen molar-refractivity contribution in [3.05, 3.63) is 54.1 Å². The molecule has 86 valence electrons. The SMILES string of the molecule is FC1COc2ccc(-c3ccccc3)cc2C1. The van der Waals surface area contributed by atoms with Gasteiger partial charge in [0.1, 0.15) is 18.5 Å². The van der Waals surface area contributed by atoms with Crippen LogP contribution in [-0.2, 0) is 6.42 Å². The third-order valence-corrected chi connectivity index (χ3v) is 3.03. The van der Waals surface area contributed by atoms with E-state index in [2.05, 4.69) is 12.1 Å². The van der Waals surface area contributed by atoms with Crippen molar-refractivity contribution in [2.45, 2.75) is 12.6 Å². The third kappa shape index (κ3) is 2.03. The summed E-state index contributed by atoms with van der Waals surface area (Å²) in [6.07, 6.45) is -0.427. The molecule has 0 fully saturated rings. The van der Waals surface area contributed by atoms with Gasteiger partial charge in [0, 0.05) is 6.42 Å². The van der Waals surface area contributed by atoms with Gasteiger partial charge in [-0.3, -0.25) is 0 Å². The molecule has 0 saturated carbocycles. The van der Waals surface area contributed by atoms with Crippen molar-refractivity contribution < 1.29 is 9.13 Å². The van der Waals surface area contributed by atoms with E-state index in [9.17, 15) is 4.39 Å². The quantitative estimate of drug-likeness (QED) is 0.724. The fourth-order valence-electron chi connectivity index (χ4n) is 2.17. The van der Waals surface area contributed by atoms with E-state index in [-0.39, 0.29) is 6.61 Å². The second kappa shape index (κ2) is 4.21. The molecule has 0 spiro atoms. The summed E-state index contributed by atoms with van der Waals surface area (Å²) in [5.41, 5.74) is 3.23. The average Bonchev–Trinajstić information content (AvgIpc) is 2.39. The van der Waals surface area contributed by atoms with Crippen LogP contribution in [0.25, 0.3) is 11.1 Å². The third-order valence-electron chi connectivity index (χ3n) is 3.03. The first-order valence-electron chi connectivity index (χ1n) is 5.78. The lowest BCUT2D eigenvalue weighted by Gasteiger charge is -2.20. The maximum atomic E-state index is 13.3. The zero-order valence-corrected chi connectivity index (χ0v) is 9.40. The highest BCUT2D eigenvalue weighted by Crippen LogP contribution is 2.30. The molecule has 0 saturated heterocycles. The molecule has 1 unspecified atom stereocenters. The smallest absolute Gasteiger partial charge is 0.138 e. The molecule has 2 heteroatoms. The molecule has 0 N–H and O–H groups in total. The van der Waals surface area contributed by atoms with Crippen LogP contribution in [0.5, 0.6) is 5.75 Å². The molecule has 1 aliphatic rings. The molecule has 0 aromatic heterocycles. The lowest BCUT2D eigenvalue weighted by Crippen LogP contribution is -2.21. The average molecular weight is 228 g/mol. The van der Waals surface area contributed by atoms with Gasteiger partial charge in [-0.25, -0.2) is 4.39 Å². The van der Waals surface area contributed by atoms with Crippen molar-refractivity contribution in [2.75, 3.05) is 6.61 Å². The Morgan fingerprint density at radius 1 is 1.00 bits per heavy atom. The molecule has 0 bridgehead atoms. The monoisotopic (exact) mass is 228 g/mol. The molecule has 17 heavy (non-hydrogen) atoms. The first-order chi connectivity index (χ1) is 8.33. The Balaban J connectivity index is 2.01. The zero-order valence-electron chi connectivity index (χ0n) is 9.40. The fourth-order valence-corrected chi connectivity index (χ4v) is 2.17. The van der Waals surface area contributed by atoms with E-state index in [4.69, 9.17) is 4.74 Å². The predicted octanol–water partition coefficient (Wildman–Crippen LogP) is 3.63. The van der Waals surface area contributed by atoms with Gasteiger partial charge >= 0.3 is 0 Å². The maximum Gasteiger partial charge on any atom is 0.138 e. The molecule has 0 amide bonds. The van der Waals surface area contributed by atoms with Crippen molar-refractivity contribution in [1.29, 1.82) is 0 Å². The highest BCUT2D eigenvalue weighted by molar-refractivity contribution is 5.65. The van der Waals surface area contributed by atoms with Gasteiger partial charge < -0.3 is 4.74 Å². The van der Waals surface area contributed by atoms with Crippen LogP contribution in [0.3, 0.4) is 0 Å². The number of ether oxygens (including phenoxy) is 1. The minimum Gasteiger partial charge on any atom is -0.490 e. The van der Waals surface area contributed by atoms with Crippen LogP contribution in [0.1, 0.15) is 5.56 Å². The van der Waals surface area contributed by atoms with Crippen LogP contribution in [0.2, 0.25) is 0 Å². The first-order valence-corrected chi connectivity index (χ1v) is 5.78. The molecular formula is C15H13FO. The van der Waals surface area contributed by atoms with E-state index in [1.54, 1.807) is 0 Å². The standard InChI is InChI=1S/C15H13FO/c16-14-9-13-8-12(6-7-15(13)17-10-14)11-4-2-1-3-5-11/h1-8,14H,9-10H2. The first kappa shape index (κ1) is 10.3. The van der Waals surface area contributed by atoms with E-state index >= 15 is 0 Å². The second-order valence-electron chi connectivity index (χ2n) is 4.30. The van der Waals surface area contributed by atoms with Gasteiger partial charge in [0.2, 0.25) is 0 Å². The van der Waals surface area contributed by atoms with Gasteiger partial charge in [-0.15, -0.1) is 0 Å². The molecular weight excluding hydrogens is 215 g/mol. The number of alkyl halides is 1. The van der Waals surface area contributed by atoms with Crippen LogP contribution < -0.4 is 4.74 Å². The number of halogens is 1. The summed E-state index contributed by atoms with van der Waals surface area (Å²) in [4.78, 5) is 0. The van der Waals surface area contributed by atoms with Gasteiger partial charge in [-0.1, -0.05) is 36.4 Å². The van der Waals surface area contributed by atoms with Crippen molar-refractivity contribution in [3.63, 3.8) is 0 Å². The molecule has 0 radical (unpaired) electrons. The minimum absolute atomic E-state index is 0.178. The summed E-state index contributed by atoms with van der Waals surface area (Å²) in [5.74, 6) is 0.818. The van der Waals surface area contributed by atoms with Gasteiger partial charge in [-0.05, 0) is 28.8 Å². The topological polar surface area (TPSA) is 9.23 Å². The van der Waals surface area contributed by atoms with Crippen LogP contribution in [0.15, 0.2) is 48.5 Å². The van der Waals surface area contributed by atoms with Crippen molar-refractivity contribution in [3.8, 4) is 16.9 Å². The van der Waals surface area contributed by atoms with Crippen LogP contribution in [0, 0.1) is 0 Å². The summed E-state index contributed by atoms with van der Waals surface area (Å²) in [6.45, 7) is 0.178. The largest absolute Gasteiger partial charge is 0.490 e. The summed E-state index contributed by atoms with van der Waals surface area (Å²) < 4.78 is 18.6. The van der Waals surface area contributed by atoms with Gasteiger partial charge in [0.05, 0.1) is 0 Å². The van der Waals surface area contributed by atoms with E-state index < -0.39 is 6.17 Å². The molecule has 1 aliphatic heterocycles. The minimum atomic E-state index is -0.881. The van der Waals surface area contributed by atoms with E-state index in [0.29, 0.717) is 6.42 Å². The Kier molecular flexibility index (Phi) is 2.56. The van der Waals surface area contributed by atoms with E-state index in [1.165, 1.54) is 0 Å². The fraction of sp³-hybridized carbons (Fsp3) is 0.200. The Morgan fingerprint density at radius 3 is 2.65 bits per heavy atom. The Labute approximate surface area is 99.9 Å². The van der Waals surface area contributed by atoms with Crippen molar-refractivity contribution in [2.24, 2.45) is 0 Å². The Hall–Kier alpha value is -1.83. The van der Waals surface area contributed by atoms with Crippen LogP contribution >= 0.6 is 0 Å². The van der Waals surface area contributed by atoms with Gasteiger partial charge in [0.25, 0.3) is 0 Å². The van der Waals surface area contributed by atoms with Crippen molar-refractivity contribution in [1.82, 2.24) is 0 Å². The number of rotatable bonds is 1. The summed E-state index contributed by atoms with van der Waals surface area (Å²) in [7, 11) is 0. The predicted molar refractivity (Wildman–Crippen MR) is 66.0 cm³/mol. The van der Waals surface area contributed by atoms with Crippen LogP contribution in [0.4, 0.5) is 4.39 Å². The number of hydrogen-bond donors (Lipinski definition) is 0. The Morgan fingerprint density at radius 2 is 1.82 bits per heavy atom. The lowest BCUT2D eigenvalue weighted by atomic mass is 9.98. The molecule has 1 nitrogen and oxygen atoms in total. The number of hydrogen-bond acceptors (Lipinski definition) is 1. The molecule has 1 heterocycles. The van der Waals surface area contributed by atoms with Gasteiger partial charge in [0.15, 0.2) is 0 Å². The normalized spacial score (nSPS) is 18.3. The molecule has 3 rings (SSSR count). The highest BCUT2D eigenvalue weighted by Gasteiger charge is 2.19. The Bertz CT molecular complexity index is 522. The maximum absolute atomic E-state index is 13.3. The van der Waals surface area contributed by atoms with Gasteiger partial charge in [-0.2, -0.15) is 0 Å². The molecule has 2 aromatic carbocycles.